The minimum absolute atomic E-state index is 0.364. The van der Waals surface area contributed by atoms with Gasteiger partial charge in [0.2, 0.25) is 0 Å². The van der Waals surface area contributed by atoms with E-state index < -0.39 is 6.10 Å². The zero-order valence-corrected chi connectivity index (χ0v) is 19.0. The number of carbonyl (C=O) groups is 1. The van der Waals surface area contributed by atoms with Gasteiger partial charge in [-0.2, -0.15) is 0 Å². The van der Waals surface area contributed by atoms with Crippen LogP contribution in [-0.4, -0.2) is 23.2 Å². The van der Waals surface area contributed by atoms with Gasteiger partial charge in [-0.15, -0.1) is 0 Å². The summed E-state index contributed by atoms with van der Waals surface area (Å²) in [5, 5.41) is 12.5. The van der Waals surface area contributed by atoms with E-state index in [1.54, 1.807) is 12.1 Å². The van der Waals surface area contributed by atoms with Crippen LogP contribution in [0.5, 0.6) is 0 Å². The van der Waals surface area contributed by atoms with Gasteiger partial charge in [-0.1, -0.05) is 66.2 Å². The number of esters is 1. The van der Waals surface area contributed by atoms with Crippen molar-refractivity contribution in [3.05, 3.63) is 112 Å². The van der Waals surface area contributed by atoms with E-state index >= 15 is 0 Å². The second-order valence-corrected chi connectivity index (χ2v) is 8.22. The number of aliphatic hydroxyl groups excluding tert-OH is 1. The lowest BCUT2D eigenvalue weighted by Crippen LogP contribution is -2.07. The number of halogens is 1. The molecule has 1 atom stereocenters. The number of rotatable bonds is 7. The van der Waals surface area contributed by atoms with Gasteiger partial charge in [0.05, 0.1) is 30.0 Å². The number of hydrogen-bond acceptors (Lipinski definition) is 4. The highest BCUT2D eigenvalue weighted by Crippen LogP contribution is 2.23. The van der Waals surface area contributed by atoms with Gasteiger partial charge in [0, 0.05) is 10.4 Å². The van der Waals surface area contributed by atoms with Crippen molar-refractivity contribution in [3.63, 3.8) is 0 Å². The number of hydrogen-bond donors (Lipinski definition) is 1. The lowest BCUT2D eigenvalue weighted by molar-refractivity contribution is 0.0599. The molecule has 0 aliphatic heterocycles. The van der Waals surface area contributed by atoms with Crippen LogP contribution in [0.2, 0.25) is 5.02 Å². The van der Waals surface area contributed by atoms with Crippen LogP contribution < -0.4 is 0 Å². The predicted octanol–water partition coefficient (Wildman–Crippen LogP) is 6.51. The fraction of sp³-hybridized carbons (Fsp3) is 0.143. The van der Waals surface area contributed by atoms with E-state index in [4.69, 9.17) is 16.3 Å². The van der Waals surface area contributed by atoms with Gasteiger partial charge in [0.1, 0.15) is 0 Å². The van der Waals surface area contributed by atoms with E-state index in [0.29, 0.717) is 23.4 Å². The summed E-state index contributed by atoms with van der Waals surface area (Å²) in [6.07, 6.45) is 4.33. The van der Waals surface area contributed by atoms with E-state index in [1.165, 1.54) is 7.11 Å². The molecule has 0 radical (unpaired) electrons. The standard InChI is InChI=1S/C28H24ClNO3/c1-33-28(32)25-8-3-2-6-20(25)12-16-27(31)22-7-4-5-19(17-22)9-14-24-15-11-21-10-13-23(29)18-26(21)30-24/h2-11,13-15,17-18,27,31H,12,16H2,1H3/b14-9+/t27-/m0/s1. The first-order valence-electron chi connectivity index (χ1n) is 10.7. The number of nitrogens with zero attached hydrogens (tertiary/aromatic N) is 1. The Morgan fingerprint density at radius 3 is 2.70 bits per heavy atom. The number of methoxy groups -OCH3 is 1. The van der Waals surface area contributed by atoms with E-state index in [1.807, 2.05) is 78.9 Å². The smallest absolute Gasteiger partial charge is 0.338 e. The lowest BCUT2D eigenvalue weighted by Gasteiger charge is -2.13. The molecule has 0 fully saturated rings. The SMILES string of the molecule is COC(=O)c1ccccc1CC[C@H](O)c1cccc(/C=C/c2ccc3ccc(Cl)cc3n2)c1. The van der Waals surface area contributed by atoms with Gasteiger partial charge in [-0.05, 0) is 65.9 Å². The van der Waals surface area contributed by atoms with Crippen LogP contribution in [0.3, 0.4) is 0 Å². The maximum absolute atomic E-state index is 12.0. The minimum Gasteiger partial charge on any atom is -0.465 e. The van der Waals surface area contributed by atoms with Crippen molar-refractivity contribution in [2.45, 2.75) is 18.9 Å². The van der Waals surface area contributed by atoms with Crippen LogP contribution in [0.15, 0.2) is 78.9 Å². The van der Waals surface area contributed by atoms with Crippen molar-refractivity contribution in [3.8, 4) is 0 Å². The molecule has 4 rings (SSSR count). The molecule has 166 valence electrons. The summed E-state index contributed by atoms with van der Waals surface area (Å²) in [6.45, 7) is 0. The molecule has 1 aromatic heterocycles. The zero-order valence-electron chi connectivity index (χ0n) is 18.2. The minimum atomic E-state index is -0.648. The number of ether oxygens (including phenoxy) is 1. The van der Waals surface area contributed by atoms with Crippen molar-refractivity contribution < 1.29 is 14.6 Å². The van der Waals surface area contributed by atoms with Crippen LogP contribution in [0.1, 0.15) is 45.3 Å². The fourth-order valence-electron chi connectivity index (χ4n) is 3.76. The number of pyridine rings is 1. The molecule has 1 heterocycles. The van der Waals surface area contributed by atoms with Crippen LogP contribution in [0, 0.1) is 0 Å². The van der Waals surface area contributed by atoms with Crippen molar-refractivity contribution in [2.75, 3.05) is 7.11 Å². The van der Waals surface area contributed by atoms with Crippen LogP contribution in [0.4, 0.5) is 0 Å². The maximum atomic E-state index is 12.0. The van der Waals surface area contributed by atoms with E-state index in [9.17, 15) is 9.90 Å². The average molecular weight is 458 g/mol. The zero-order chi connectivity index (χ0) is 23.2. The molecular weight excluding hydrogens is 434 g/mol. The fourth-order valence-corrected chi connectivity index (χ4v) is 3.92. The molecule has 0 amide bonds. The Kier molecular flexibility index (Phi) is 7.18. The molecule has 4 aromatic rings. The molecule has 0 saturated carbocycles. The number of benzene rings is 3. The highest BCUT2D eigenvalue weighted by atomic mass is 35.5. The molecule has 33 heavy (non-hydrogen) atoms. The largest absolute Gasteiger partial charge is 0.465 e. The topological polar surface area (TPSA) is 59.4 Å². The van der Waals surface area contributed by atoms with E-state index in [0.717, 1.165) is 33.3 Å². The summed E-state index contributed by atoms with van der Waals surface area (Å²) < 4.78 is 4.86. The molecule has 0 unspecified atom stereocenters. The quantitative estimate of drug-likeness (QED) is 0.321. The summed E-state index contributed by atoms with van der Waals surface area (Å²) >= 11 is 6.08. The first kappa shape index (κ1) is 22.7. The van der Waals surface area contributed by atoms with Crippen molar-refractivity contribution in [1.82, 2.24) is 4.98 Å². The highest BCUT2D eigenvalue weighted by molar-refractivity contribution is 6.31. The van der Waals surface area contributed by atoms with Crippen LogP contribution >= 0.6 is 11.6 Å². The first-order chi connectivity index (χ1) is 16.0. The summed E-state index contributed by atoms with van der Waals surface area (Å²) in [6, 6.07) is 24.7. The summed E-state index contributed by atoms with van der Waals surface area (Å²) in [5.74, 6) is -0.364. The predicted molar refractivity (Wildman–Crippen MR) is 133 cm³/mol. The number of fused-ring (bicyclic) bond motifs is 1. The summed E-state index contributed by atoms with van der Waals surface area (Å²) in [5.41, 5.74) is 4.87. The Morgan fingerprint density at radius 2 is 1.85 bits per heavy atom. The number of aromatic nitrogens is 1. The van der Waals surface area contributed by atoms with Gasteiger partial charge in [0.15, 0.2) is 0 Å². The monoisotopic (exact) mass is 457 g/mol. The summed E-state index contributed by atoms with van der Waals surface area (Å²) in [4.78, 5) is 16.6. The molecule has 5 heteroatoms. The number of aryl methyl sites for hydroxylation is 1. The van der Waals surface area contributed by atoms with Gasteiger partial charge in [-0.25, -0.2) is 9.78 Å². The van der Waals surface area contributed by atoms with Crippen LogP contribution in [-0.2, 0) is 11.2 Å². The van der Waals surface area contributed by atoms with Gasteiger partial charge < -0.3 is 9.84 Å². The van der Waals surface area contributed by atoms with Crippen LogP contribution in [0.25, 0.3) is 23.1 Å². The number of aliphatic hydroxyl groups is 1. The second kappa shape index (κ2) is 10.4. The molecule has 0 aliphatic rings. The average Bonchev–Trinajstić information content (AvgIpc) is 2.85. The Balaban J connectivity index is 1.46. The van der Waals surface area contributed by atoms with Crippen molar-refractivity contribution >= 4 is 40.6 Å². The molecule has 0 spiro atoms. The van der Waals surface area contributed by atoms with Crippen molar-refractivity contribution in [1.29, 1.82) is 0 Å². The normalized spacial score (nSPS) is 12.2. The van der Waals surface area contributed by atoms with Crippen molar-refractivity contribution in [2.24, 2.45) is 0 Å². The third-order valence-electron chi connectivity index (χ3n) is 5.53. The van der Waals surface area contributed by atoms with Gasteiger partial charge in [0.25, 0.3) is 0 Å². The molecule has 3 aromatic carbocycles. The molecule has 0 saturated heterocycles. The Bertz CT molecular complexity index is 1320. The Labute approximate surface area is 198 Å². The lowest BCUT2D eigenvalue weighted by atomic mass is 9.97. The molecule has 0 aliphatic carbocycles. The molecule has 1 N–H and O–H groups in total. The van der Waals surface area contributed by atoms with Gasteiger partial charge >= 0.3 is 5.97 Å². The Hall–Kier alpha value is -3.47. The summed E-state index contributed by atoms with van der Waals surface area (Å²) in [7, 11) is 1.37. The van der Waals surface area contributed by atoms with E-state index in [2.05, 4.69) is 4.98 Å². The molecule has 4 nitrogen and oxygen atoms in total. The van der Waals surface area contributed by atoms with Gasteiger partial charge in [-0.3, -0.25) is 0 Å². The Morgan fingerprint density at radius 1 is 1.03 bits per heavy atom. The third-order valence-corrected chi connectivity index (χ3v) is 5.76. The third kappa shape index (κ3) is 5.67. The number of carbonyl (C=O) groups excluding carboxylic acids is 1. The second-order valence-electron chi connectivity index (χ2n) is 7.78. The first-order valence-corrected chi connectivity index (χ1v) is 11.1. The maximum Gasteiger partial charge on any atom is 0.338 e. The molecular formula is C28H24ClNO3. The van der Waals surface area contributed by atoms with E-state index in [-0.39, 0.29) is 5.97 Å². The molecule has 0 bridgehead atoms. The highest BCUT2D eigenvalue weighted by Gasteiger charge is 2.14.